The van der Waals surface area contributed by atoms with Crippen molar-refractivity contribution in [3.8, 4) is 0 Å². The van der Waals surface area contributed by atoms with Crippen LogP contribution in [-0.2, 0) is 29.3 Å². The van der Waals surface area contributed by atoms with Crippen LogP contribution in [0.1, 0.15) is 13.3 Å². The van der Waals surface area contributed by atoms with Crippen molar-refractivity contribution >= 4 is 16.9 Å². The molecule has 0 bridgehead atoms. The van der Waals surface area contributed by atoms with Crippen molar-refractivity contribution in [2.75, 3.05) is 21.3 Å². The van der Waals surface area contributed by atoms with Gasteiger partial charge in [-0.25, -0.2) is 0 Å². The van der Waals surface area contributed by atoms with Gasteiger partial charge < -0.3 is 0 Å². The zero-order valence-electron chi connectivity index (χ0n) is 16.2. The van der Waals surface area contributed by atoms with E-state index in [0.717, 1.165) is 12.5 Å². The summed E-state index contributed by atoms with van der Waals surface area (Å²) >= 11 is -1.90. The molecule has 0 saturated heterocycles. The molecule has 0 atom stereocenters. The average Bonchev–Trinajstić information content (AvgIpc) is 2.81. The molecule has 0 spiro atoms. The summed E-state index contributed by atoms with van der Waals surface area (Å²) in [6.07, 6.45) is 3.07. The first-order valence-electron chi connectivity index (χ1n) is 7.57. The van der Waals surface area contributed by atoms with Crippen molar-refractivity contribution in [3.63, 3.8) is 0 Å². The third kappa shape index (κ3) is 4.08. The summed E-state index contributed by atoms with van der Waals surface area (Å²) in [5.41, 5.74) is 1.38. The molecule has 0 N–H and O–H groups in total. The van der Waals surface area contributed by atoms with Gasteiger partial charge in [-0.15, -0.1) is 0 Å². The van der Waals surface area contributed by atoms with E-state index < -0.39 is 32.9 Å². The first-order valence-corrected chi connectivity index (χ1v) is 20.5. The molecule has 0 aromatic heterocycles. The maximum absolute atomic E-state index is 5.80. The summed E-state index contributed by atoms with van der Waals surface area (Å²) in [7, 11) is 0.820. The molecule has 0 amide bonds. The molecule has 0 fully saturated rings. The standard InChI is InChI=1S/C14H25O3Si2.3CH3.Pt/c1-8-11-18(6,7)13-9-10-14(12(13)2)19(15-3,16-4)17-5;;;;/h8H,1,10-11H2,2-7H3;3*1H3;. The normalized spacial score (nSPS) is 18.0. The van der Waals surface area contributed by atoms with E-state index in [1.54, 1.807) is 30.5 Å². The Labute approximate surface area is 148 Å². The Kier molecular flexibility index (Phi) is 7.05. The van der Waals surface area contributed by atoms with E-state index in [-0.39, 0.29) is 0 Å². The van der Waals surface area contributed by atoms with Gasteiger partial charge in [0.15, 0.2) is 0 Å². The van der Waals surface area contributed by atoms with Gasteiger partial charge in [0.25, 0.3) is 0 Å². The van der Waals surface area contributed by atoms with Crippen LogP contribution in [0.4, 0.5) is 0 Å². The maximum atomic E-state index is 5.80. The fourth-order valence-corrected chi connectivity index (χ4v) is 17.0. The van der Waals surface area contributed by atoms with Crippen LogP contribution in [0.5, 0.6) is 0 Å². The zero-order chi connectivity index (χ0) is 18.1. The van der Waals surface area contributed by atoms with Gasteiger partial charge in [0.05, 0.1) is 0 Å². The summed E-state index contributed by atoms with van der Waals surface area (Å²) in [5, 5.41) is 10.4. The fourth-order valence-electron chi connectivity index (χ4n) is 3.39. The molecule has 0 saturated carbocycles. The number of hydrogen-bond donors (Lipinski definition) is 0. The molecular formula is C17H34O3PtSi2. The number of rotatable bonds is 8. The fraction of sp³-hybridized carbons (Fsp3) is 0.647. The van der Waals surface area contributed by atoms with E-state index in [4.69, 9.17) is 13.3 Å². The van der Waals surface area contributed by atoms with Gasteiger partial charge in [0.2, 0.25) is 0 Å². The molecule has 138 valence electrons. The Bertz CT molecular complexity index is 518. The first kappa shape index (κ1) is 21.3. The molecule has 0 aromatic carbocycles. The van der Waals surface area contributed by atoms with Crippen LogP contribution >= 0.6 is 0 Å². The van der Waals surface area contributed by atoms with Crippen molar-refractivity contribution in [2.45, 2.75) is 48.4 Å². The van der Waals surface area contributed by atoms with Gasteiger partial charge in [-0.2, -0.15) is 0 Å². The second-order valence-corrected chi connectivity index (χ2v) is 26.2. The summed E-state index contributed by atoms with van der Waals surface area (Å²) < 4.78 is 19.1. The van der Waals surface area contributed by atoms with Gasteiger partial charge in [0.1, 0.15) is 0 Å². The van der Waals surface area contributed by atoms with Crippen LogP contribution in [-0.4, -0.2) is 38.2 Å². The van der Waals surface area contributed by atoms with E-state index in [1.807, 2.05) is 0 Å². The average molecular weight is 538 g/mol. The molecule has 0 aliphatic heterocycles. The second-order valence-electron chi connectivity index (χ2n) is 6.99. The quantitative estimate of drug-likeness (QED) is 0.318. The predicted octanol–water partition coefficient (Wildman–Crippen LogP) is 5.11. The van der Waals surface area contributed by atoms with Crippen molar-refractivity contribution in [1.29, 1.82) is 0 Å². The molecule has 23 heavy (non-hydrogen) atoms. The monoisotopic (exact) mass is 537 g/mol. The molecule has 0 aromatic rings. The van der Waals surface area contributed by atoms with Gasteiger partial charge in [0, 0.05) is 0 Å². The number of hydrogen-bond acceptors (Lipinski definition) is 3. The zero-order valence-corrected chi connectivity index (χ0v) is 20.5. The molecule has 1 aliphatic carbocycles. The minimum absolute atomic E-state index is 0.983. The van der Waals surface area contributed by atoms with Crippen molar-refractivity contribution in [2.24, 2.45) is 0 Å². The summed E-state index contributed by atoms with van der Waals surface area (Å²) in [6.45, 7) is 11.2. The molecule has 3 nitrogen and oxygen atoms in total. The Morgan fingerprint density at radius 1 is 1.09 bits per heavy atom. The predicted molar refractivity (Wildman–Crippen MR) is 101 cm³/mol. The Morgan fingerprint density at radius 3 is 1.91 bits per heavy atom. The van der Waals surface area contributed by atoms with Gasteiger partial charge >= 0.3 is 149 Å². The van der Waals surface area contributed by atoms with Gasteiger partial charge in [-0.05, 0) is 0 Å². The number of allylic oxidation sites excluding steroid dienone is 5. The molecule has 1 aliphatic rings. The van der Waals surface area contributed by atoms with E-state index in [0.29, 0.717) is 0 Å². The van der Waals surface area contributed by atoms with E-state index in [1.165, 1.54) is 10.8 Å². The molecule has 1 rings (SSSR count). The van der Waals surface area contributed by atoms with Crippen LogP contribution in [0.15, 0.2) is 32.6 Å². The van der Waals surface area contributed by atoms with E-state index in [2.05, 4.69) is 48.6 Å². The minimum atomic E-state index is -2.75. The molecule has 0 unspecified atom stereocenters. The topological polar surface area (TPSA) is 27.7 Å². The van der Waals surface area contributed by atoms with Crippen LogP contribution < -0.4 is 0 Å². The second kappa shape index (κ2) is 7.63. The third-order valence-corrected chi connectivity index (χ3v) is 16.3. The molecule has 0 radical (unpaired) electrons. The first-order chi connectivity index (χ1) is 10.5. The van der Waals surface area contributed by atoms with Crippen LogP contribution in [0.25, 0.3) is 0 Å². The van der Waals surface area contributed by atoms with Gasteiger partial charge in [-0.3, -0.25) is 0 Å². The molecular weight excluding hydrogens is 503 g/mol. The molecule has 0 heterocycles. The Hall–Kier alpha value is 0.222. The van der Waals surface area contributed by atoms with Crippen molar-refractivity contribution in [1.82, 2.24) is 0 Å². The van der Waals surface area contributed by atoms with Crippen LogP contribution in [0, 0.1) is 0 Å². The van der Waals surface area contributed by atoms with Crippen LogP contribution in [0.2, 0.25) is 35.1 Å². The summed E-state index contributed by atoms with van der Waals surface area (Å²) in [6, 6.07) is 1.11. The Balaban J connectivity index is 3.56. The Morgan fingerprint density at radius 2 is 1.57 bits per heavy atom. The third-order valence-electron chi connectivity index (χ3n) is 4.48. The van der Waals surface area contributed by atoms with E-state index >= 15 is 0 Å². The van der Waals surface area contributed by atoms with Crippen LogP contribution in [0.3, 0.4) is 0 Å². The summed E-state index contributed by atoms with van der Waals surface area (Å²) in [4.78, 5) is 0. The van der Waals surface area contributed by atoms with Crippen molar-refractivity contribution in [3.05, 3.63) is 32.6 Å². The molecule has 6 heteroatoms. The van der Waals surface area contributed by atoms with E-state index in [9.17, 15) is 0 Å². The van der Waals surface area contributed by atoms with Crippen molar-refractivity contribution < 1.29 is 29.3 Å². The SMILES string of the molecule is C=CC[Si](C)(C)C1=[C]([Pt]([CH3])([CH3])[CH3])CC([Si](OC)(OC)OC)=C1C. The summed E-state index contributed by atoms with van der Waals surface area (Å²) in [5.74, 6) is 0. The van der Waals surface area contributed by atoms with Gasteiger partial charge in [-0.1, -0.05) is 0 Å².